The van der Waals surface area contributed by atoms with Crippen molar-refractivity contribution in [3.63, 3.8) is 0 Å². The number of nitrogens with zero attached hydrogens (tertiary/aromatic N) is 1. The molecule has 1 amide bonds. The molecule has 1 aliphatic rings. The normalized spacial score (nSPS) is 14.9. The molecule has 2 aromatic carbocycles. The number of para-hydroxylation sites is 1. The van der Waals surface area contributed by atoms with Crippen LogP contribution in [0.15, 0.2) is 54.6 Å². The Labute approximate surface area is 149 Å². The molecule has 0 unspecified atom stereocenters. The number of amides is 1. The lowest BCUT2D eigenvalue weighted by molar-refractivity contribution is 0.0642. The Balaban J connectivity index is 1.69. The molecule has 4 heteroatoms. The molecule has 25 heavy (non-hydrogen) atoms. The van der Waals surface area contributed by atoms with E-state index in [-0.39, 0.29) is 5.91 Å². The Kier molecular flexibility index (Phi) is 6.07. The molecule has 1 N–H and O–H groups in total. The van der Waals surface area contributed by atoms with Crippen LogP contribution in [0, 0.1) is 0 Å². The lowest BCUT2D eigenvalue weighted by Gasteiger charge is -2.34. The summed E-state index contributed by atoms with van der Waals surface area (Å²) in [5.41, 5.74) is 0.729. The number of rotatable bonds is 6. The summed E-state index contributed by atoms with van der Waals surface area (Å²) in [6.07, 6.45) is 3.03. The maximum Gasteiger partial charge on any atom is 0.254 e. The predicted octanol–water partition coefficient (Wildman–Crippen LogP) is 4.08. The third kappa shape index (κ3) is 4.60. The van der Waals surface area contributed by atoms with Crippen molar-refractivity contribution in [1.29, 1.82) is 0 Å². The van der Waals surface area contributed by atoms with E-state index in [0.29, 0.717) is 6.04 Å². The molecule has 1 saturated heterocycles. The molecule has 0 aliphatic carbocycles. The number of carbonyl (C=O) groups excluding carboxylic acids is 1. The summed E-state index contributed by atoms with van der Waals surface area (Å²) in [5, 5.41) is 3.37. The van der Waals surface area contributed by atoms with Crippen LogP contribution in [0.1, 0.15) is 36.5 Å². The van der Waals surface area contributed by atoms with E-state index in [1.54, 1.807) is 0 Å². The highest BCUT2D eigenvalue weighted by molar-refractivity contribution is 5.94. The van der Waals surface area contributed by atoms with Gasteiger partial charge in [0.25, 0.3) is 5.91 Å². The van der Waals surface area contributed by atoms with Crippen LogP contribution in [0.5, 0.6) is 11.5 Å². The molecule has 0 spiro atoms. The zero-order chi connectivity index (χ0) is 17.5. The van der Waals surface area contributed by atoms with Gasteiger partial charge in [-0.15, -0.1) is 0 Å². The van der Waals surface area contributed by atoms with E-state index in [4.69, 9.17) is 4.74 Å². The Morgan fingerprint density at radius 3 is 2.32 bits per heavy atom. The predicted molar refractivity (Wildman–Crippen MR) is 100 cm³/mol. The monoisotopic (exact) mass is 338 g/mol. The van der Waals surface area contributed by atoms with Crippen LogP contribution < -0.4 is 10.1 Å². The number of benzene rings is 2. The van der Waals surface area contributed by atoms with Gasteiger partial charge in [0.1, 0.15) is 11.5 Å². The number of carbonyl (C=O) groups is 1. The highest BCUT2D eigenvalue weighted by atomic mass is 16.5. The fraction of sp³-hybridized carbons (Fsp3) is 0.381. The molecule has 0 atom stereocenters. The van der Waals surface area contributed by atoms with Gasteiger partial charge in [-0.1, -0.05) is 25.1 Å². The Morgan fingerprint density at radius 1 is 1.04 bits per heavy atom. The fourth-order valence-corrected chi connectivity index (χ4v) is 3.27. The summed E-state index contributed by atoms with van der Waals surface area (Å²) in [5.74, 6) is 1.66. The lowest BCUT2D eigenvalue weighted by Crippen LogP contribution is -2.46. The van der Waals surface area contributed by atoms with Gasteiger partial charge in [-0.25, -0.2) is 0 Å². The van der Waals surface area contributed by atoms with Crippen LogP contribution in [-0.4, -0.2) is 36.5 Å². The van der Waals surface area contributed by atoms with Gasteiger partial charge in [0.15, 0.2) is 0 Å². The van der Waals surface area contributed by atoms with Gasteiger partial charge in [0.05, 0.1) is 0 Å². The second kappa shape index (κ2) is 8.67. The fourth-order valence-electron chi connectivity index (χ4n) is 3.27. The average Bonchev–Trinajstić information content (AvgIpc) is 2.68. The lowest BCUT2D eigenvalue weighted by atomic mass is 10.0. The van der Waals surface area contributed by atoms with Gasteiger partial charge in [-0.05, 0) is 68.8 Å². The molecule has 3 rings (SSSR count). The molecule has 1 fully saturated rings. The third-order valence-corrected chi connectivity index (χ3v) is 4.55. The van der Waals surface area contributed by atoms with E-state index in [9.17, 15) is 4.79 Å². The first-order valence-corrected chi connectivity index (χ1v) is 9.12. The maximum absolute atomic E-state index is 13.0. The van der Waals surface area contributed by atoms with E-state index in [2.05, 4.69) is 12.2 Å². The number of ether oxygens (including phenoxy) is 1. The molecule has 132 valence electrons. The SMILES string of the molecule is CCCN(C(=O)c1ccc(Oc2ccccc2)cc1)C1CCNCC1. The molecule has 0 radical (unpaired) electrons. The maximum atomic E-state index is 13.0. The first-order chi connectivity index (χ1) is 12.3. The van der Waals surface area contributed by atoms with Crippen LogP contribution in [0.4, 0.5) is 0 Å². The second-order valence-electron chi connectivity index (χ2n) is 6.42. The van der Waals surface area contributed by atoms with Gasteiger partial charge < -0.3 is 15.0 Å². The summed E-state index contributed by atoms with van der Waals surface area (Å²) >= 11 is 0. The zero-order valence-corrected chi connectivity index (χ0v) is 14.8. The first kappa shape index (κ1) is 17.5. The van der Waals surface area contributed by atoms with Crippen LogP contribution in [0.25, 0.3) is 0 Å². The van der Waals surface area contributed by atoms with Gasteiger partial charge >= 0.3 is 0 Å². The number of nitrogens with one attached hydrogen (secondary N) is 1. The summed E-state index contributed by atoms with van der Waals surface area (Å²) in [4.78, 5) is 15.0. The van der Waals surface area contributed by atoms with Gasteiger partial charge in [0.2, 0.25) is 0 Å². The molecule has 1 aliphatic heterocycles. The van der Waals surface area contributed by atoms with Crippen LogP contribution in [0.3, 0.4) is 0 Å². The van der Waals surface area contributed by atoms with Crippen molar-refractivity contribution in [3.8, 4) is 11.5 Å². The zero-order valence-electron chi connectivity index (χ0n) is 14.8. The first-order valence-electron chi connectivity index (χ1n) is 9.12. The van der Waals surface area contributed by atoms with Crippen molar-refractivity contribution in [3.05, 3.63) is 60.2 Å². The van der Waals surface area contributed by atoms with Crippen LogP contribution in [0.2, 0.25) is 0 Å². The average molecular weight is 338 g/mol. The van der Waals surface area contributed by atoms with E-state index in [1.807, 2.05) is 59.5 Å². The summed E-state index contributed by atoms with van der Waals surface area (Å²) in [6.45, 7) is 4.91. The second-order valence-corrected chi connectivity index (χ2v) is 6.42. The summed E-state index contributed by atoms with van der Waals surface area (Å²) < 4.78 is 5.80. The molecule has 2 aromatic rings. The van der Waals surface area contributed by atoms with Crippen molar-refractivity contribution in [1.82, 2.24) is 10.2 Å². The number of hydrogen-bond donors (Lipinski definition) is 1. The smallest absolute Gasteiger partial charge is 0.254 e. The molecule has 4 nitrogen and oxygen atoms in total. The topological polar surface area (TPSA) is 41.6 Å². The minimum absolute atomic E-state index is 0.125. The van der Waals surface area contributed by atoms with E-state index >= 15 is 0 Å². The van der Waals surface area contributed by atoms with Crippen molar-refractivity contribution in [2.75, 3.05) is 19.6 Å². The number of piperidine rings is 1. The van der Waals surface area contributed by atoms with E-state index in [0.717, 1.165) is 56.0 Å². The molecular formula is C21H26N2O2. The van der Waals surface area contributed by atoms with Crippen LogP contribution >= 0.6 is 0 Å². The minimum atomic E-state index is 0.125. The molecule has 0 bridgehead atoms. The molecule has 1 heterocycles. The van der Waals surface area contributed by atoms with Crippen molar-refractivity contribution >= 4 is 5.91 Å². The molecule has 0 aromatic heterocycles. The van der Waals surface area contributed by atoms with Gasteiger partial charge in [-0.2, -0.15) is 0 Å². The Morgan fingerprint density at radius 2 is 1.68 bits per heavy atom. The van der Waals surface area contributed by atoms with E-state index < -0.39 is 0 Å². The quantitative estimate of drug-likeness (QED) is 0.863. The van der Waals surface area contributed by atoms with Crippen molar-refractivity contribution in [2.24, 2.45) is 0 Å². The Bertz CT molecular complexity index is 664. The third-order valence-electron chi connectivity index (χ3n) is 4.55. The van der Waals surface area contributed by atoms with Gasteiger partial charge in [-0.3, -0.25) is 4.79 Å². The largest absolute Gasteiger partial charge is 0.457 e. The van der Waals surface area contributed by atoms with E-state index in [1.165, 1.54) is 0 Å². The number of hydrogen-bond acceptors (Lipinski definition) is 3. The minimum Gasteiger partial charge on any atom is -0.457 e. The highest BCUT2D eigenvalue weighted by Crippen LogP contribution is 2.22. The highest BCUT2D eigenvalue weighted by Gasteiger charge is 2.25. The molecule has 0 saturated carbocycles. The summed E-state index contributed by atoms with van der Waals surface area (Å²) in [6, 6.07) is 17.5. The van der Waals surface area contributed by atoms with Gasteiger partial charge in [0, 0.05) is 18.2 Å². The van der Waals surface area contributed by atoms with Crippen molar-refractivity contribution < 1.29 is 9.53 Å². The van der Waals surface area contributed by atoms with Crippen molar-refractivity contribution in [2.45, 2.75) is 32.2 Å². The van der Waals surface area contributed by atoms with Crippen LogP contribution in [-0.2, 0) is 0 Å². The standard InChI is InChI=1S/C21H26N2O2/c1-2-16-23(18-12-14-22-15-13-18)21(24)17-8-10-20(11-9-17)25-19-6-4-3-5-7-19/h3-11,18,22H,2,12-16H2,1H3. The summed E-state index contributed by atoms with van der Waals surface area (Å²) in [7, 11) is 0. The molecular weight excluding hydrogens is 312 g/mol. The Hall–Kier alpha value is -2.33.